The zero-order valence-electron chi connectivity index (χ0n) is 11.2. The number of fused-ring (bicyclic) bond motifs is 1. The van der Waals surface area contributed by atoms with Crippen molar-refractivity contribution in [3.63, 3.8) is 0 Å². The zero-order chi connectivity index (χ0) is 14.2. The molecule has 3 aromatic rings. The molecule has 1 aromatic carbocycles. The maximum atomic E-state index is 13.9. The van der Waals surface area contributed by atoms with Gasteiger partial charge in [0.05, 0.1) is 11.6 Å². The second-order valence-corrected chi connectivity index (χ2v) is 5.91. The first-order valence-electron chi connectivity index (χ1n) is 6.81. The predicted molar refractivity (Wildman–Crippen MR) is 81.0 cm³/mol. The summed E-state index contributed by atoms with van der Waals surface area (Å²) >= 11 is 1.71. The molecule has 4 rings (SSSR count). The van der Waals surface area contributed by atoms with Crippen molar-refractivity contribution in [2.45, 2.75) is 12.5 Å². The fourth-order valence-electron chi connectivity index (χ4n) is 2.60. The molecule has 0 amide bonds. The van der Waals surface area contributed by atoms with Gasteiger partial charge in [-0.25, -0.2) is 9.07 Å². The minimum Gasteiger partial charge on any atom is -0.354 e. The van der Waals surface area contributed by atoms with Crippen molar-refractivity contribution < 1.29 is 4.39 Å². The summed E-state index contributed by atoms with van der Waals surface area (Å²) in [7, 11) is 0. The van der Waals surface area contributed by atoms with E-state index in [1.54, 1.807) is 29.5 Å². The van der Waals surface area contributed by atoms with E-state index < -0.39 is 0 Å². The summed E-state index contributed by atoms with van der Waals surface area (Å²) in [5.41, 5.74) is 0.436. The number of hydrogen-bond acceptors (Lipinski definition) is 4. The summed E-state index contributed by atoms with van der Waals surface area (Å²) in [4.78, 5) is 5.70. The first-order valence-corrected chi connectivity index (χ1v) is 7.69. The molecule has 0 fully saturated rings. The topological polar surface area (TPSA) is 42.7 Å². The van der Waals surface area contributed by atoms with Gasteiger partial charge in [-0.3, -0.25) is 0 Å². The SMILES string of the molecule is Fc1ccccc1-c1nc2n(n1)C(c1cccs1)CCN2. The molecular formula is C15H13FN4S. The number of thiophene rings is 1. The molecule has 0 saturated carbocycles. The third-order valence-corrected chi connectivity index (χ3v) is 4.59. The van der Waals surface area contributed by atoms with Crippen LogP contribution in [0, 0.1) is 5.82 Å². The Morgan fingerprint density at radius 1 is 1.24 bits per heavy atom. The standard InChI is InChI=1S/C15H13FN4S/c16-11-5-2-1-4-10(11)14-18-15-17-8-7-12(20(15)19-14)13-6-3-9-21-13/h1-6,9,12H,7-8H2,(H,17,18,19). The predicted octanol–water partition coefficient (Wildman–Crippen LogP) is 3.55. The molecule has 21 heavy (non-hydrogen) atoms. The first-order chi connectivity index (χ1) is 10.3. The molecule has 1 unspecified atom stereocenters. The number of anilines is 1. The highest BCUT2D eigenvalue weighted by Crippen LogP contribution is 2.32. The van der Waals surface area contributed by atoms with Crippen molar-refractivity contribution in [2.24, 2.45) is 0 Å². The lowest BCUT2D eigenvalue weighted by molar-refractivity contribution is 0.487. The van der Waals surface area contributed by atoms with Gasteiger partial charge in [0.15, 0.2) is 5.82 Å². The smallest absolute Gasteiger partial charge is 0.222 e. The number of nitrogens with one attached hydrogen (secondary N) is 1. The average Bonchev–Trinajstić information content (AvgIpc) is 3.16. The maximum Gasteiger partial charge on any atom is 0.222 e. The van der Waals surface area contributed by atoms with Gasteiger partial charge in [0, 0.05) is 11.4 Å². The van der Waals surface area contributed by atoms with E-state index in [0.29, 0.717) is 17.3 Å². The highest BCUT2D eigenvalue weighted by molar-refractivity contribution is 7.10. The van der Waals surface area contributed by atoms with Gasteiger partial charge in [-0.15, -0.1) is 16.4 Å². The monoisotopic (exact) mass is 300 g/mol. The minimum absolute atomic E-state index is 0.175. The van der Waals surface area contributed by atoms with Crippen LogP contribution in [0.25, 0.3) is 11.4 Å². The van der Waals surface area contributed by atoms with Gasteiger partial charge in [-0.05, 0) is 30.0 Å². The summed E-state index contributed by atoms with van der Waals surface area (Å²) in [6.07, 6.45) is 0.952. The quantitative estimate of drug-likeness (QED) is 0.787. The van der Waals surface area contributed by atoms with Gasteiger partial charge in [-0.2, -0.15) is 4.98 Å². The number of nitrogens with zero attached hydrogens (tertiary/aromatic N) is 3. The summed E-state index contributed by atoms with van der Waals surface area (Å²) < 4.78 is 15.8. The zero-order valence-corrected chi connectivity index (χ0v) is 12.0. The molecule has 1 aliphatic heterocycles. The fraction of sp³-hybridized carbons (Fsp3) is 0.200. The normalized spacial score (nSPS) is 17.3. The lowest BCUT2D eigenvalue weighted by Gasteiger charge is -2.23. The third-order valence-electron chi connectivity index (χ3n) is 3.61. The van der Waals surface area contributed by atoms with Gasteiger partial charge in [0.25, 0.3) is 0 Å². The lowest BCUT2D eigenvalue weighted by Crippen LogP contribution is -2.24. The molecular weight excluding hydrogens is 287 g/mol. The van der Waals surface area contributed by atoms with Crippen LogP contribution in [0.2, 0.25) is 0 Å². The Hall–Kier alpha value is -2.21. The van der Waals surface area contributed by atoms with Crippen LogP contribution in [-0.4, -0.2) is 21.3 Å². The third kappa shape index (κ3) is 2.12. The van der Waals surface area contributed by atoms with Crippen molar-refractivity contribution in [3.8, 4) is 11.4 Å². The Morgan fingerprint density at radius 2 is 2.14 bits per heavy atom. The summed E-state index contributed by atoms with van der Waals surface area (Å²) in [5, 5.41) is 9.83. The van der Waals surface area contributed by atoms with Gasteiger partial charge in [0.2, 0.25) is 5.95 Å². The average molecular weight is 300 g/mol. The molecule has 106 valence electrons. The van der Waals surface area contributed by atoms with E-state index in [1.807, 2.05) is 10.7 Å². The second-order valence-electron chi connectivity index (χ2n) is 4.93. The van der Waals surface area contributed by atoms with Crippen molar-refractivity contribution in [2.75, 3.05) is 11.9 Å². The van der Waals surface area contributed by atoms with Crippen LogP contribution >= 0.6 is 11.3 Å². The molecule has 1 aliphatic rings. The molecule has 0 radical (unpaired) electrons. The second kappa shape index (κ2) is 4.96. The van der Waals surface area contributed by atoms with Crippen molar-refractivity contribution in [1.82, 2.24) is 14.8 Å². The Bertz CT molecular complexity index is 766. The molecule has 4 nitrogen and oxygen atoms in total. The van der Waals surface area contributed by atoms with E-state index >= 15 is 0 Å². The highest BCUT2D eigenvalue weighted by atomic mass is 32.1. The van der Waals surface area contributed by atoms with E-state index in [9.17, 15) is 4.39 Å². The van der Waals surface area contributed by atoms with E-state index in [2.05, 4.69) is 26.8 Å². The maximum absolute atomic E-state index is 13.9. The number of aromatic nitrogens is 3. The molecule has 3 heterocycles. The number of rotatable bonds is 2. The van der Waals surface area contributed by atoms with Crippen LogP contribution in [-0.2, 0) is 0 Å². The van der Waals surface area contributed by atoms with Crippen molar-refractivity contribution in [3.05, 3.63) is 52.5 Å². The number of halogens is 1. The Labute approximate surface area is 125 Å². The van der Waals surface area contributed by atoms with E-state index in [1.165, 1.54) is 10.9 Å². The van der Waals surface area contributed by atoms with Crippen molar-refractivity contribution in [1.29, 1.82) is 0 Å². The molecule has 0 saturated heterocycles. The van der Waals surface area contributed by atoms with E-state index in [0.717, 1.165) is 13.0 Å². The van der Waals surface area contributed by atoms with Crippen LogP contribution in [0.1, 0.15) is 17.3 Å². The van der Waals surface area contributed by atoms with Crippen LogP contribution in [0.4, 0.5) is 10.3 Å². The number of hydrogen-bond donors (Lipinski definition) is 1. The Kier molecular flexibility index (Phi) is 2.96. The summed E-state index contributed by atoms with van der Waals surface area (Å²) in [6.45, 7) is 0.845. The molecule has 0 spiro atoms. The largest absolute Gasteiger partial charge is 0.354 e. The Morgan fingerprint density at radius 3 is 2.95 bits per heavy atom. The first kappa shape index (κ1) is 12.5. The Balaban J connectivity index is 1.80. The molecule has 0 bridgehead atoms. The molecule has 2 aromatic heterocycles. The van der Waals surface area contributed by atoms with E-state index in [4.69, 9.17) is 0 Å². The van der Waals surface area contributed by atoms with Gasteiger partial charge < -0.3 is 5.32 Å². The minimum atomic E-state index is -0.298. The fourth-order valence-corrected chi connectivity index (χ4v) is 3.45. The lowest BCUT2D eigenvalue weighted by atomic mass is 10.1. The number of benzene rings is 1. The van der Waals surface area contributed by atoms with Crippen LogP contribution in [0.3, 0.4) is 0 Å². The molecule has 1 N–H and O–H groups in total. The molecule has 6 heteroatoms. The van der Waals surface area contributed by atoms with Crippen LogP contribution in [0.15, 0.2) is 41.8 Å². The van der Waals surface area contributed by atoms with Crippen LogP contribution < -0.4 is 5.32 Å². The highest BCUT2D eigenvalue weighted by Gasteiger charge is 2.25. The van der Waals surface area contributed by atoms with Crippen LogP contribution in [0.5, 0.6) is 0 Å². The van der Waals surface area contributed by atoms with E-state index in [-0.39, 0.29) is 11.9 Å². The molecule has 0 aliphatic carbocycles. The van der Waals surface area contributed by atoms with Gasteiger partial charge in [-0.1, -0.05) is 18.2 Å². The van der Waals surface area contributed by atoms with Gasteiger partial charge in [0.1, 0.15) is 5.82 Å². The molecule has 1 atom stereocenters. The summed E-state index contributed by atoms with van der Waals surface area (Å²) in [5.74, 6) is 0.838. The summed E-state index contributed by atoms with van der Waals surface area (Å²) in [6, 6.07) is 10.9. The van der Waals surface area contributed by atoms with Gasteiger partial charge >= 0.3 is 0 Å². The van der Waals surface area contributed by atoms with Crippen molar-refractivity contribution >= 4 is 17.3 Å².